The van der Waals surface area contributed by atoms with Crippen LogP contribution in [0.25, 0.3) is 0 Å². The summed E-state index contributed by atoms with van der Waals surface area (Å²) in [4.78, 5) is 42.4. The van der Waals surface area contributed by atoms with Crippen LogP contribution in [-0.4, -0.2) is 57.4 Å². The van der Waals surface area contributed by atoms with Crippen LogP contribution in [0.4, 0.5) is 10.6 Å². The summed E-state index contributed by atoms with van der Waals surface area (Å²) in [6, 6.07) is 16.6. The van der Waals surface area contributed by atoms with Crippen molar-refractivity contribution in [2.24, 2.45) is 0 Å². The zero-order chi connectivity index (χ0) is 27.8. The summed E-state index contributed by atoms with van der Waals surface area (Å²) in [7, 11) is 0. The van der Waals surface area contributed by atoms with Crippen molar-refractivity contribution in [3.05, 3.63) is 86.9 Å². The number of ether oxygens (including phenoxy) is 2. The van der Waals surface area contributed by atoms with E-state index in [0.29, 0.717) is 37.6 Å². The van der Waals surface area contributed by atoms with Crippen LogP contribution in [0.2, 0.25) is 5.15 Å². The predicted octanol–water partition coefficient (Wildman–Crippen LogP) is 4.12. The van der Waals surface area contributed by atoms with E-state index in [2.05, 4.69) is 10.3 Å². The van der Waals surface area contributed by atoms with Gasteiger partial charge >= 0.3 is 12.1 Å². The number of aromatic nitrogens is 2. The fourth-order valence-electron chi connectivity index (χ4n) is 4.41. The van der Waals surface area contributed by atoms with E-state index in [4.69, 9.17) is 21.1 Å². The van der Waals surface area contributed by atoms with Gasteiger partial charge in [0.15, 0.2) is 11.0 Å². The normalized spacial score (nSPS) is 14.7. The molecule has 0 saturated carbocycles. The maximum absolute atomic E-state index is 13.0. The summed E-state index contributed by atoms with van der Waals surface area (Å²) >= 11 is 6.26. The Bertz CT molecular complexity index is 1360. The lowest BCUT2D eigenvalue weighted by Crippen LogP contribution is -2.38. The molecule has 39 heavy (non-hydrogen) atoms. The van der Waals surface area contributed by atoms with Crippen LogP contribution in [0.5, 0.6) is 5.75 Å². The predicted molar refractivity (Wildman–Crippen MR) is 146 cm³/mol. The number of amides is 1. The number of esters is 1. The minimum absolute atomic E-state index is 0.0452. The molecule has 1 aliphatic rings. The minimum Gasteiger partial charge on any atom is -0.491 e. The number of nitrogens with one attached hydrogen (secondary N) is 1. The van der Waals surface area contributed by atoms with Gasteiger partial charge in [0.05, 0.1) is 11.7 Å². The second-order valence-electron chi connectivity index (χ2n) is 9.28. The van der Waals surface area contributed by atoms with Gasteiger partial charge in [0.25, 0.3) is 5.56 Å². The maximum Gasteiger partial charge on any atom is 0.407 e. The van der Waals surface area contributed by atoms with Gasteiger partial charge in [-0.15, -0.1) is 0 Å². The topological polar surface area (TPSA) is 123 Å². The van der Waals surface area contributed by atoms with E-state index < -0.39 is 17.6 Å². The van der Waals surface area contributed by atoms with Gasteiger partial charge in [-0.3, -0.25) is 14.2 Å². The summed E-state index contributed by atoms with van der Waals surface area (Å²) in [6.45, 7) is 2.67. The second kappa shape index (κ2) is 13.1. The molecule has 11 heteroatoms. The molecule has 1 saturated heterocycles. The number of carbonyl (C=O) groups is 2. The number of likely N-dealkylation sites (tertiary alicyclic amines) is 1. The average Bonchev–Trinajstić information content (AvgIpc) is 3.42. The minimum atomic E-state index is -0.922. The molecule has 0 radical (unpaired) electrons. The standard InChI is InChI=1S/C28H31ClN4O6/c1-19-25(29)31-26(27(35)33(19)16-24(34)39-17-21-7-3-2-4-8-21)30-13-12-20-9-5-11-23(15-20)38-18-22-10-6-14-32(22)28(36)37/h2-5,7-9,11,15,22H,6,10,12-14,16-18H2,1H3,(H,30,31)(H,36,37)/t22-/m1/s1. The summed E-state index contributed by atoms with van der Waals surface area (Å²) < 4.78 is 12.4. The van der Waals surface area contributed by atoms with Crippen LogP contribution in [0.15, 0.2) is 59.4 Å². The summed E-state index contributed by atoms with van der Waals surface area (Å²) in [6.07, 6.45) is 1.26. The third-order valence-electron chi connectivity index (χ3n) is 6.56. The van der Waals surface area contributed by atoms with Gasteiger partial charge in [0.2, 0.25) is 0 Å². The Kier molecular flexibility index (Phi) is 9.43. The molecule has 10 nitrogen and oxygen atoms in total. The lowest BCUT2D eigenvalue weighted by atomic mass is 10.1. The van der Waals surface area contributed by atoms with E-state index >= 15 is 0 Å². The van der Waals surface area contributed by atoms with Gasteiger partial charge in [-0.2, -0.15) is 0 Å². The van der Waals surface area contributed by atoms with Gasteiger partial charge in [-0.05, 0) is 49.4 Å². The quantitative estimate of drug-likeness (QED) is 0.339. The monoisotopic (exact) mass is 554 g/mol. The molecule has 2 heterocycles. The Balaban J connectivity index is 1.33. The third-order valence-corrected chi connectivity index (χ3v) is 6.92. The first-order valence-electron chi connectivity index (χ1n) is 12.7. The van der Waals surface area contributed by atoms with Gasteiger partial charge in [-0.1, -0.05) is 54.1 Å². The van der Waals surface area contributed by atoms with Crippen LogP contribution in [0.3, 0.4) is 0 Å². The Morgan fingerprint density at radius 1 is 1.15 bits per heavy atom. The highest BCUT2D eigenvalue weighted by Gasteiger charge is 2.28. The van der Waals surface area contributed by atoms with Crippen LogP contribution in [0, 0.1) is 6.92 Å². The van der Waals surface area contributed by atoms with Crippen LogP contribution in [-0.2, 0) is 29.1 Å². The lowest BCUT2D eigenvalue weighted by Gasteiger charge is -2.21. The molecule has 1 atom stereocenters. The SMILES string of the molecule is Cc1c(Cl)nc(NCCc2cccc(OC[C@H]3CCCN3C(=O)O)c2)c(=O)n1CC(=O)OCc1ccccc1. The highest BCUT2D eigenvalue weighted by atomic mass is 35.5. The second-order valence-corrected chi connectivity index (χ2v) is 9.64. The molecule has 1 aromatic heterocycles. The Hall–Kier alpha value is -4.05. The van der Waals surface area contributed by atoms with Crippen molar-refractivity contribution in [3.8, 4) is 5.75 Å². The van der Waals surface area contributed by atoms with Crippen molar-refractivity contribution in [1.29, 1.82) is 0 Å². The van der Waals surface area contributed by atoms with Crippen molar-refractivity contribution in [2.75, 3.05) is 25.0 Å². The van der Waals surface area contributed by atoms with Crippen molar-refractivity contribution in [3.63, 3.8) is 0 Å². The third kappa shape index (κ3) is 7.51. The highest BCUT2D eigenvalue weighted by Crippen LogP contribution is 2.20. The van der Waals surface area contributed by atoms with Gasteiger partial charge in [-0.25, -0.2) is 9.78 Å². The van der Waals surface area contributed by atoms with Crippen molar-refractivity contribution in [2.45, 2.75) is 45.4 Å². The van der Waals surface area contributed by atoms with Crippen LogP contribution in [0.1, 0.15) is 29.7 Å². The van der Waals surface area contributed by atoms with Gasteiger partial charge in [0, 0.05) is 13.1 Å². The number of halogens is 1. The molecule has 0 bridgehead atoms. The first-order valence-corrected chi connectivity index (χ1v) is 13.1. The molecule has 206 valence electrons. The molecule has 0 spiro atoms. The number of carboxylic acid groups (broad SMARTS) is 1. The number of benzene rings is 2. The van der Waals surface area contributed by atoms with Crippen LogP contribution < -0.4 is 15.6 Å². The van der Waals surface area contributed by atoms with E-state index in [-0.39, 0.29) is 30.2 Å². The fraction of sp³-hybridized carbons (Fsp3) is 0.357. The average molecular weight is 555 g/mol. The maximum atomic E-state index is 13.0. The fourth-order valence-corrected chi connectivity index (χ4v) is 4.59. The first-order chi connectivity index (χ1) is 18.8. The number of rotatable bonds is 11. The number of hydrogen-bond donors (Lipinski definition) is 2. The zero-order valence-corrected chi connectivity index (χ0v) is 22.4. The van der Waals surface area contributed by atoms with E-state index in [1.54, 1.807) is 6.92 Å². The Labute approximate surface area is 231 Å². The molecule has 2 N–H and O–H groups in total. The van der Waals surface area contributed by atoms with Crippen molar-refractivity contribution < 1.29 is 24.2 Å². The van der Waals surface area contributed by atoms with E-state index in [1.807, 2.05) is 54.6 Å². The summed E-state index contributed by atoms with van der Waals surface area (Å²) in [5, 5.41) is 12.4. The van der Waals surface area contributed by atoms with E-state index in [9.17, 15) is 19.5 Å². The van der Waals surface area contributed by atoms with Gasteiger partial charge < -0.3 is 24.8 Å². The number of anilines is 1. The number of nitrogens with zero attached hydrogens (tertiary/aromatic N) is 3. The molecule has 2 aromatic carbocycles. The molecular formula is C28H31ClN4O6. The highest BCUT2D eigenvalue weighted by molar-refractivity contribution is 6.30. The Morgan fingerprint density at radius 2 is 1.92 bits per heavy atom. The summed E-state index contributed by atoms with van der Waals surface area (Å²) in [5.74, 6) is 0.139. The van der Waals surface area contributed by atoms with Crippen LogP contribution >= 0.6 is 11.6 Å². The molecule has 1 fully saturated rings. The van der Waals surface area contributed by atoms with Gasteiger partial charge in [0.1, 0.15) is 25.5 Å². The molecule has 1 aliphatic heterocycles. The first kappa shape index (κ1) is 28.0. The van der Waals surface area contributed by atoms with E-state index in [1.165, 1.54) is 9.47 Å². The Morgan fingerprint density at radius 3 is 2.69 bits per heavy atom. The molecule has 4 rings (SSSR count). The molecule has 1 amide bonds. The molecule has 0 aliphatic carbocycles. The molecule has 3 aromatic rings. The molecule has 0 unspecified atom stereocenters. The van der Waals surface area contributed by atoms with E-state index in [0.717, 1.165) is 24.0 Å². The van der Waals surface area contributed by atoms with Crippen molar-refractivity contribution in [1.82, 2.24) is 14.5 Å². The molecular weight excluding hydrogens is 524 g/mol. The summed E-state index contributed by atoms with van der Waals surface area (Å²) in [5.41, 5.74) is 1.72. The number of hydrogen-bond acceptors (Lipinski definition) is 7. The van der Waals surface area contributed by atoms with Crippen molar-refractivity contribution >= 4 is 29.5 Å². The lowest BCUT2D eigenvalue weighted by molar-refractivity contribution is -0.145. The smallest absolute Gasteiger partial charge is 0.407 e. The number of carbonyl (C=O) groups excluding carboxylic acids is 1. The zero-order valence-electron chi connectivity index (χ0n) is 21.6. The largest absolute Gasteiger partial charge is 0.491 e.